The highest BCUT2D eigenvalue weighted by molar-refractivity contribution is 6.36. The van der Waals surface area contributed by atoms with Gasteiger partial charge in [-0.2, -0.15) is 5.10 Å². The Morgan fingerprint density at radius 2 is 1.81 bits per heavy atom. The van der Waals surface area contributed by atoms with Gasteiger partial charge in [0.15, 0.2) is 0 Å². The molecule has 0 unspecified atom stereocenters. The van der Waals surface area contributed by atoms with E-state index in [0.717, 1.165) is 11.3 Å². The second-order valence-electron chi connectivity index (χ2n) is 5.71. The van der Waals surface area contributed by atoms with Gasteiger partial charge in [-0.15, -0.1) is 0 Å². The van der Waals surface area contributed by atoms with Gasteiger partial charge in [-0.05, 0) is 30.3 Å². The molecular formula is C19H16Cl2N4O2. The zero-order chi connectivity index (χ0) is 19.2. The molecule has 0 radical (unpaired) electrons. The Kier molecular flexibility index (Phi) is 6.11. The van der Waals surface area contributed by atoms with E-state index in [0.29, 0.717) is 11.6 Å². The monoisotopic (exact) mass is 402 g/mol. The van der Waals surface area contributed by atoms with Crippen molar-refractivity contribution in [3.05, 3.63) is 82.1 Å². The van der Waals surface area contributed by atoms with Gasteiger partial charge in [-0.25, -0.2) is 4.68 Å². The molecule has 2 amide bonds. The zero-order valence-electron chi connectivity index (χ0n) is 14.2. The summed E-state index contributed by atoms with van der Waals surface area (Å²) in [5.74, 6) is -0.760. The molecule has 0 aliphatic rings. The average molecular weight is 403 g/mol. The second kappa shape index (κ2) is 8.70. The van der Waals surface area contributed by atoms with Crippen LogP contribution in [0.5, 0.6) is 0 Å². The van der Waals surface area contributed by atoms with E-state index >= 15 is 0 Å². The van der Waals surface area contributed by atoms with Crippen molar-refractivity contribution in [2.24, 2.45) is 0 Å². The third-order valence-electron chi connectivity index (χ3n) is 3.73. The number of nitrogens with zero attached hydrogens (tertiary/aromatic N) is 2. The van der Waals surface area contributed by atoms with E-state index in [1.165, 1.54) is 12.1 Å². The lowest BCUT2D eigenvalue weighted by molar-refractivity contribution is -0.120. The molecule has 0 fully saturated rings. The lowest BCUT2D eigenvalue weighted by Gasteiger charge is -2.07. The first kappa shape index (κ1) is 18.9. The van der Waals surface area contributed by atoms with Crippen LogP contribution >= 0.6 is 23.2 Å². The van der Waals surface area contributed by atoms with E-state index in [1.807, 2.05) is 36.5 Å². The highest BCUT2D eigenvalue weighted by Gasteiger charge is 2.12. The largest absolute Gasteiger partial charge is 0.350 e. The van der Waals surface area contributed by atoms with E-state index in [2.05, 4.69) is 15.7 Å². The first-order valence-corrected chi connectivity index (χ1v) is 8.87. The Hall–Kier alpha value is -2.83. The van der Waals surface area contributed by atoms with Gasteiger partial charge in [-0.3, -0.25) is 9.59 Å². The Bertz CT molecular complexity index is 957. The third-order valence-corrected chi connectivity index (χ3v) is 4.28. The maximum Gasteiger partial charge on any atom is 0.253 e. The van der Waals surface area contributed by atoms with Gasteiger partial charge in [0.1, 0.15) is 0 Å². The van der Waals surface area contributed by atoms with E-state index < -0.39 is 5.91 Å². The molecule has 1 heterocycles. The minimum atomic E-state index is -0.441. The summed E-state index contributed by atoms with van der Waals surface area (Å²) in [5.41, 5.74) is 2.04. The molecule has 3 rings (SSSR count). The molecule has 0 spiro atoms. The predicted octanol–water partition coefficient (Wildman–Crippen LogP) is 3.23. The summed E-state index contributed by atoms with van der Waals surface area (Å²) in [6, 6.07) is 14.2. The normalized spacial score (nSPS) is 10.4. The van der Waals surface area contributed by atoms with Crippen molar-refractivity contribution >= 4 is 35.0 Å². The maximum atomic E-state index is 12.1. The van der Waals surface area contributed by atoms with E-state index in [-0.39, 0.29) is 23.0 Å². The Labute approximate surface area is 166 Å². The number of nitrogens with one attached hydrogen (secondary N) is 2. The molecule has 0 saturated heterocycles. The fourth-order valence-corrected chi connectivity index (χ4v) is 2.86. The van der Waals surface area contributed by atoms with Crippen LogP contribution in [0.2, 0.25) is 10.0 Å². The summed E-state index contributed by atoms with van der Waals surface area (Å²) in [6.45, 7) is 0.147. The minimum absolute atomic E-state index is 0.162. The number of benzene rings is 2. The molecule has 0 saturated carbocycles. The first-order valence-electron chi connectivity index (χ1n) is 8.12. The molecule has 138 valence electrons. The molecule has 0 aliphatic carbocycles. The number of amides is 2. The molecule has 8 heteroatoms. The van der Waals surface area contributed by atoms with E-state index in [9.17, 15) is 9.59 Å². The fourth-order valence-electron chi connectivity index (χ4n) is 2.37. The fraction of sp³-hybridized carbons (Fsp3) is 0.105. The van der Waals surface area contributed by atoms with E-state index in [1.54, 1.807) is 16.9 Å². The third kappa shape index (κ3) is 5.09. The number of hydrogen-bond donors (Lipinski definition) is 2. The number of halogens is 2. The van der Waals surface area contributed by atoms with Crippen LogP contribution < -0.4 is 10.6 Å². The van der Waals surface area contributed by atoms with Gasteiger partial charge in [0.2, 0.25) is 5.91 Å². The average Bonchev–Trinajstić information content (AvgIpc) is 3.14. The molecule has 2 N–H and O–H groups in total. The van der Waals surface area contributed by atoms with Crippen LogP contribution in [0.25, 0.3) is 5.69 Å². The quantitative estimate of drug-likeness (QED) is 0.664. The number of carbonyl (C=O) groups excluding carboxylic acids is 2. The Morgan fingerprint density at radius 1 is 1.04 bits per heavy atom. The maximum absolute atomic E-state index is 12.1. The van der Waals surface area contributed by atoms with Crippen LogP contribution in [0.15, 0.2) is 60.9 Å². The van der Waals surface area contributed by atoms with Crippen LogP contribution in [0.1, 0.15) is 15.9 Å². The van der Waals surface area contributed by atoms with Crippen LogP contribution in [0, 0.1) is 0 Å². The van der Waals surface area contributed by atoms with Gasteiger partial charge in [0.25, 0.3) is 5.91 Å². The molecule has 0 aliphatic heterocycles. The van der Waals surface area contributed by atoms with Crippen LogP contribution in [0.3, 0.4) is 0 Å². The molecule has 2 aromatic carbocycles. The Balaban J connectivity index is 1.49. The number of rotatable bonds is 6. The lowest BCUT2D eigenvalue weighted by Crippen LogP contribution is -2.36. The van der Waals surface area contributed by atoms with Crippen LogP contribution in [-0.4, -0.2) is 28.1 Å². The van der Waals surface area contributed by atoms with Crippen LogP contribution in [-0.2, 0) is 11.3 Å². The smallest absolute Gasteiger partial charge is 0.253 e. The Morgan fingerprint density at radius 3 is 2.56 bits per heavy atom. The molecule has 0 bridgehead atoms. The summed E-state index contributed by atoms with van der Waals surface area (Å²) in [7, 11) is 0. The standard InChI is InChI=1S/C19H16Cl2N4O2/c20-14-6-7-16(17(21)8-14)19(27)23-11-18(26)22-9-13-10-24-25(12-13)15-4-2-1-3-5-15/h1-8,10,12H,9,11H2,(H,22,26)(H,23,27). The summed E-state index contributed by atoms with van der Waals surface area (Å²) in [4.78, 5) is 24.0. The predicted molar refractivity (Wildman–Crippen MR) is 104 cm³/mol. The number of para-hydroxylation sites is 1. The molecule has 3 aromatic rings. The van der Waals surface area contributed by atoms with Crippen molar-refractivity contribution < 1.29 is 9.59 Å². The van der Waals surface area contributed by atoms with Crippen molar-refractivity contribution in [2.45, 2.75) is 6.54 Å². The van der Waals surface area contributed by atoms with Crippen molar-refractivity contribution in [3.63, 3.8) is 0 Å². The first-order chi connectivity index (χ1) is 13.0. The van der Waals surface area contributed by atoms with Crippen LogP contribution in [0.4, 0.5) is 0 Å². The van der Waals surface area contributed by atoms with E-state index in [4.69, 9.17) is 23.2 Å². The topological polar surface area (TPSA) is 76.0 Å². The van der Waals surface area contributed by atoms with Crippen molar-refractivity contribution in [1.29, 1.82) is 0 Å². The number of carbonyl (C=O) groups is 2. The molecule has 1 aromatic heterocycles. The summed E-state index contributed by atoms with van der Waals surface area (Å²) in [6.07, 6.45) is 3.51. The second-order valence-corrected chi connectivity index (χ2v) is 6.56. The molecule has 6 nitrogen and oxygen atoms in total. The number of aromatic nitrogens is 2. The lowest BCUT2D eigenvalue weighted by atomic mass is 10.2. The summed E-state index contributed by atoms with van der Waals surface area (Å²) in [5, 5.41) is 10.2. The molecular weight excluding hydrogens is 387 g/mol. The number of hydrogen-bond acceptors (Lipinski definition) is 3. The summed E-state index contributed by atoms with van der Waals surface area (Å²) >= 11 is 11.8. The van der Waals surface area contributed by atoms with Gasteiger partial charge in [-0.1, -0.05) is 41.4 Å². The van der Waals surface area contributed by atoms with Gasteiger partial charge < -0.3 is 10.6 Å². The highest BCUT2D eigenvalue weighted by Crippen LogP contribution is 2.20. The van der Waals surface area contributed by atoms with Crippen molar-refractivity contribution in [3.8, 4) is 5.69 Å². The van der Waals surface area contributed by atoms with Gasteiger partial charge >= 0.3 is 0 Å². The molecule has 27 heavy (non-hydrogen) atoms. The van der Waals surface area contributed by atoms with Crippen molar-refractivity contribution in [2.75, 3.05) is 6.54 Å². The SMILES string of the molecule is O=C(CNC(=O)c1ccc(Cl)cc1Cl)NCc1cnn(-c2ccccc2)c1. The minimum Gasteiger partial charge on any atom is -0.350 e. The zero-order valence-corrected chi connectivity index (χ0v) is 15.7. The van der Waals surface area contributed by atoms with Crippen molar-refractivity contribution in [1.82, 2.24) is 20.4 Å². The van der Waals surface area contributed by atoms with Gasteiger partial charge in [0.05, 0.1) is 29.0 Å². The van der Waals surface area contributed by atoms with Gasteiger partial charge in [0, 0.05) is 23.3 Å². The summed E-state index contributed by atoms with van der Waals surface area (Å²) < 4.78 is 1.73. The molecule has 0 atom stereocenters. The highest BCUT2D eigenvalue weighted by atomic mass is 35.5.